The van der Waals surface area contributed by atoms with E-state index in [0.717, 1.165) is 48.7 Å². The molecule has 5 heteroatoms. The van der Waals surface area contributed by atoms with Gasteiger partial charge in [0.25, 0.3) is 0 Å². The Morgan fingerprint density at radius 3 is 2.92 bits per heavy atom. The van der Waals surface area contributed by atoms with Gasteiger partial charge in [0, 0.05) is 42.0 Å². The van der Waals surface area contributed by atoms with Crippen LogP contribution in [0.15, 0.2) is 61.1 Å². The van der Waals surface area contributed by atoms with Crippen LogP contribution >= 0.6 is 11.6 Å². The van der Waals surface area contributed by atoms with Crippen molar-refractivity contribution in [2.75, 3.05) is 13.1 Å². The highest BCUT2D eigenvalue weighted by molar-refractivity contribution is 6.30. The Balaban J connectivity index is 1.51. The van der Waals surface area contributed by atoms with Crippen LogP contribution in [-0.2, 0) is 6.54 Å². The zero-order valence-corrected chi connectivity index (χ0v) is 15.3. The predicted molar refractivity (Wildman–Crippen MR) is 104 cm³/mol. The molecule has 0 N–H and O–H groups in total. The Morgan fingerprint density at radius 2 is 2.08 bits per heavy atom. The van der Waals surface area contributed by atoms with E-state index < -0.39 is 0 Å². The van der Waals surface area contributed by atoms with Crippen LogP contribution in [-0.4, -0.2) is 32.9 Å². The number of likely N-dealkylation sites (tertiary alicyclic amines) is 1. The van der Waals surface area contributed by atoms with E-state index in [1.165, 1.54) is 6.42 Å². The maximum absolute atomic E-state index is 6.12. The summed E-state index contributed by atoms with van der Waals surface area (Å²) >= 11 is 6.12. The van der Waals surface area contributed by atoms with Crippen molar-refractivity contribution in [2.45, 2.75) is 25.3 Å². The largest absolute Gasteiger partial charge is 0.297 e. The van der Waals surface area contributed by atoms with Crippen LogP contribution in [0.1, 0.15) is 30.1 Å². The molecule has 1 aliphatic rings. The van der Waals surface area contributed by atoms with Gasteiger partial charge in [-0.1, -0.05) is 29.8 Å². The van der Waals surface area contributed by atoms with Crippen LogP contribution in [0.3, 0.4) is 0 Å². The molecule has 4 rings (SSSR count). The van der Waals surface area contributed by atoms with Gasteiger partial charge in [-0.15, -0.1) is 0 Å². The monoisotopic (exact) mass is 364 g/mol. The van der Waals surface area contributed by atoms with Gasteiger partial charge in [-0.3, -0.25) is 14.9 Å². The van der Waals surface area contributed by atoms with Gasteiger partial charge in [-0.05, 0) is 43.7 Å². The summed E-state index contributed by atoms with van der Waals surface area (Å²) in [5.74, 6) is 0.402. The summed E-state index contributed by atoms with van der Waals surface area (Å²) in [6.45, 7) is 2.98. The van der Waals surface area contributed by atoms with Crippen LogP contribution in [0, 0.1) is 0 Å². The maximum atomic E-state index is 6.12. The first kappa shape index (κ1) is 17.1. The number of hydrogen-bond donors (Lipinski definition) is 0. The summed E-state index contributed by atoms with van der Waals surface area (Å²) in [6, 6.07) is 13.9. The smallest absolute Gasteiger partial charge is 0.0889 e. The molecule has 4 nitrogen and oxygen atoms in total. The molecular formula is C21H21ClN4. The van der Waals surface area contributed by atoms with Gasteiger partial charge in [-0.2, -0.15) is 0 Å². The number of nitrogens with zero attached hydrogens (tertiary/aromatic N) is 4. The molecule has 1 fully saturated rings. The lowest BCUT2D eigenvalue weighted by Gasteiger charge is -2.32. The second-order valence-electron chi connectivity index (χ2n) is 6.73. The van der Waals surface area contributed by atoms with E-state index >= 15 is 0 Å². The first-order chi connectivity index (χ1) is 12.8. The molecule has 0 bridgehead atoms. The van der Waals surface area contributed by atoms with Gasteiger partial charge in [0.2, 0.25) is 0 Å². The Kier molecular flexibility index (Phi) is 5.23. The summed E-state index contributed by atoms with van der Waals surface area (Å²) in [5.41, 5.74) is 4.07. The lowest BCUT2D eigenvalue weighted by atomic mass is 9.94. The highest BCUT2D eigenvalue weighted by Crippen LogP contribution is 2.28. The molecule has 1 atom stereocenters. The number of benzene rings is 1. The van der Waals surface area contributed by atoms with Crippen molar-refractivity contribution in [3.8, 4) is 11.3 Å². The average molecular weight is 365 g/mol. The Labute approximate surface area is 158 Å². The first-order valence-corrected chi connectivity index (χ1v) is 9.36. The lowest BCUT2D eigenvalue weighted by molar-refractivity contribution is 0.196. The second-order valence-corrected chi connectivity index (χ2v) is 7.17. The van der Waals surface area contributed by atoms with E-state index in [9.17, 15) is 0 Å². The number of halogens is 1. The molecule has 0 saturated carbocycles. The minimum atomic E-state index is 0.402. The molecule has 0 radical (unpaired) electrons. The number of rotatable bonds is 4. The van der Waals surface area contributed by atoms with Crippen molar-refractivity contribution in [1.29, 1.82) is 0 Å². The average Bonchev–Trinajstić information content (AvgIpc) is 2.69. The molecule has 0 aliphatic carbocycles. The van der Waals surface area contributed by atoms with Crippen molar-refractivity contribution < 1.29 is 0 Å². The third kappa shape index (κ3) is 4.09. The van der Waals surface area contributed by atoms with E-state index in [2.05, 4.69) is 20.9 Å². The molecule has 0 spiro atoms. The summed E-state index contributed by atoms with van der Waals surface area (Å²) < 4.78 is 0. The molecular weight excluding hydrogens is 344 g/mol. The maximum Gasteiger partial charge on any atom is 0.0889 e. The highest BCUT2D eigenvalue weighted by Gasteiger charge is 2.23. The highest BCUT2D eigenvalue weighted by atomic mass is 35.5. The minimum absolute atomic E-state index is 0.402. The molecule has 1 aliphatic heterocycles. The van der Waals surface area contributed by atoms with Gasteiger partial charge >= 0.3 is 0 Å². The summed E-state index contributed by atoms with van der Waals surface area (Å²) in [5, 5.41) is 0.717. The quantitative estimate of drug-likeness (QED) is 0.680. The van der Waals surface area contributed by atoms with Crippen molar-refractivity contribution in [3.63, 3.8) is 0 Å². The van der Waals surface area contributed by atoms with Crippen molar-refractivity contribution >= 4 is 11.6 Å². The van der Waals surface area contributed by atoms with Gasteiger partial charge < -0.3 is 0 Å². The molecule has 3 heterocycles. The zero-order valence-electron chi connectivity index (χ0n) is 14.6. The van der Waals surface area contributed by atoms with E-state index in [1.807, 2.05) is 55.0 Å². The van der Waals surface area contributed by atoms with Gasteiger partial charge in [0.05, 0.1) is 23.3 Å². The zero-order chi connectivity index (χ0) is 17.8. The number of pyridine rings is 1. The van der Waals surface area contributed by atoms with Gasteiger partial charge in [-0.25, -0.2) is 4.98 Å². The third-order valence-electron chi connectivity index (χ3n) is 4.81. The molecule has 0 unspecified atom stereocenters. The predicted octanol–water partition coefficient (Wildman–Crippen LogP) is 4.57. The molecule has 26 heavy (non-hydrogen) atoms. The van der Waals surface area contributed by atoms with Crippen molar-refractivity contribution in [3.05, 3.63) is 77.5 Å². The first-order valence-electron chi connectivity index (χ1n) is 8.98. The minimum Gasteiger partial charge on any atom is -0.297 e. The van der Waals surface area contributed by atoms with Gasteiger partial charge in [0.1, 0.15) is 0 Å². The van der Waals surface area contributed by atoms with Crippen LogP contribution in [0.2, 0.25) is 5.02 Å². The van der Waals surface area contributed by atoms with E-state index in [4.69, 9.17) is 16.6 Å². The standard InChI is InChI=1S/C21H21ClN4/c22-18-7-3-5-16(11-18)20-12-23-13-21(25-20)17-6-4-10-26(14-17)15-19-8-1-2-9-24-19/h1-3,5,7-9,11-13,17H,4,6,10,14-15H2/t17-/m0/s1. The second kappa shape index (κ2) is 7.94. The Morgan fingerprint density at radius 1 is 1.12 bits per heavy atom. The van der Waals surface area contributed by atoms with Gasteiger partial charge in [0.15, 0.2) is 0 Å². The van der Waals surface area contributed by atoms with E-state index in [-0.39, 0.29) is 0 Å². The van der Waals surface area contributed by atoms with Crippen LogP contribution < -0.4 is 0 Å². The Bertz CT molecular complexity index is 869. The molecule has 132 valence electrons. The molecule has 1 saturated heterocycles. The fraction of sp³-hybridized carbons (Fsp3) is 0.286. The fourth-order valence-corrected chi connectivity index (χ4v) is 3.72. The third-order valence-corrected chi connectivity index (χ3v) is 5.04. The molecule has 2 aromatic heterocycles. The van der Waals surface area contributed by atoms with E-state index in [1.54, 1.807) is 0 Å². The van der Waals surface area contributed by atoms with Crippen molar-refractivity contribution in [1.82, 2.24) is 19.9 Å². The number of piperidine rings is 1. The number of aromatic nitrogens is 3. The normalized spacial score (nSPS) is 18.0. The number of hydrogen-bond acceptors (Lipinski definition) is 4. The summed E-state index contributed by atoms with van der Waals surface area (Å²) in [6.07, 6.45) is 7.89. The Hall–Kier alpha value is -2.30. The topological polar surface area (TPSA) is 41.9 Å². The molecule has 0 amide bonds. The SMILES string of the molecule is Clc1cccc(-c2cncc([C@H]3CCCN(Cc4ccccn4)C3)n2)c1. The van der Waals surface area contributed by atoms with Crippen LogP contribution in [0.25, 0.3) is 11.3 Å². The molecule has 1 aromatic carbocycles. The summed E-state index contributed by atoms with van der Waals surface area (Å²) in [7, 11) is 0. The van der Waals surface area contributed by atoms with Crippen molar-refractivity contribution in [2.24, 2.45) is 0 Å². The van der Waals surface area contributed by atoms with Crippen LogP contribution in [0.4, 0.5) is 0 Å². The summed E-state index contributed by atoms with van der Waals surface area (Å²) in [4.78, 5) is 16.2. The van der Waals surface area contributed by atoms with Crippen LogP contribution in [0.5, 0.6) is 0 Å². The lowest BCUT2D eigenvalue weighted by Crippen LogP contribution is -2.34. The fourth-order valence-electron chi connectivity index (χ4n) is 3.53. The van der Waals surface area contributed by atoms with E-state index in [0.29, 0.717) is 10.9 Å². The molecule has 3 aromatic rings.